The van der Waals surface area contributed by atoms with Gasteiger partial charge in [0.1, 0.15) is 5.82 Å². The van der Waals surface area contributed by atoms with E-state index in [1.807, 2.05) is 6.92 Å². The van der Waals surface area contributed by atoms with Crippen LogP contribution < -0.4 is 0 Å². The van der Waals surface area contributed by atoms with E-state index in [4.69, 9.17) is 16.6 Å². The molecule has 0 bridgehead atoms. The fourth-order valence-electron chi connectivity index (χ4n) is 3.63. The van der Waals surface area contributed by atoms with Gasteiger partial charge < -0.3 is 4.57 Å². The molecular formula is C17H23ClN2. The van der Waals surface area contributed by atoms with E-state index in [9.17, 15) is 0 Å². The molecule has 20 heavy (non-hydrogen) atoms. The topological polar surface area (TPSA) is 17.8 Å². The van der Waals surface area contributed by atoms with E-state index >= 15 is 0 Å². The Morgan fingerprint density at radius 3 is 2.60 bits per heavy atom. The monoisotopic (exact) mass is 290 g/mol. The van der Waals surface area contributed by atoms with Crippen molar-refractivity contribution in [3.63, 3.8) is 0 Å². The van der Waals surface area contributed by atoms with Crippen molar-refractivity contribution >= 4 is 22.6 Å². The predicted octanol–water partition coefficient (Wildman–Crippen LogP) is 5.32. The number of hydrogen-bond acceptors (Lipinski definition) is 1. The summed E-state index contributed by atoms with van der Waals surface area (Å²) in [6, 6.07) is 6.45. The number of rotatable bonds is 2. The van der Waals surface area contributed by atoms with Crippen LogP contribution in [0.5, 0.6) is 0 Å². The third kappa shape index (κ3) is 2.14. The van der Waals surface area contributed by atoms with Crippen molar-refractivity contribution in [1.82, 2.24) is 9.55 Å². The Balaban J connectivity index is 2.26. The first kappa shape index (κ1) is 13.9. The quantitative estimate of drug-likeness (QED) is 0.684. The minimum Gasteiger partial charge on any atom is -0.321 e. The minimum atomic E-state index is -0.0550. The zero-order valence-corrected chi connectivity index (χ0v) is 13.4. The summed E-state index contributed by atoms with van der Waals surface area (Å²) in [4.78, 5) is 4.86. The van der Waals surface area contributed by atoms with E-state index in [-0.39, 0.29) is 10.9 Å². The van der Waals surface area contributed by atoms with Crippen LogP contribution in [0.25, 0.3) is 11.0 Å². The molecule has 1 aromatic carbocycles. The second kappa shape index (κ2) is 5.07. The lowest BCUT2D eigenvalue weighted by Crippen LogP contribution is -2.34. The van der Waals surface area contributed by atoms with E-state index in [1.165, 1.54) is 43.2 Å². The maximum absolute atomic E-state index is 6.43. The van der Waals surface area contributed by atoms with Gasteiger partial charge in [-0.05, 0) is 45.2 Å². The second-order valence-electron chi connectivity index (χ2n) is 6.42. The average molecular weight is 291 g/mol. The summed E-state index contributed by atoms with van der Waals surface area (Å²) in [7, 11) is 0. The lowest BCUT2D eigenvalue weighted by molar-refractivity contribution is 0.219. The fourth-order valence-corrected chi connectivity index (χ4v) is 3.77. The van der Waals surface area contributed by atoms with Gasteiger partial charge in [0.2, 0.25) is 0 Å². The molecule has 2 aromatic rings. The maximum atomic E-state index is 6.43. The van der Waals surface area contributed by atoms with Crippen LogP contribution >= 0.6 is 11.6 Å². The number of imidazole rings is 1. The van der Waals surface area contributed by atoms with Crippen molar-refractivity contribution in [1.29, 1.82) is 0 Å². The lowest BCUT2D eigenvalue weighted by Gasteiger charge is -2.37. The Bertz CT molecular complexity index is 621. The first-order valence-electron chi connectivity index (χ1n) is 7.65. The smallest absolute Gasteiger partial charge is 0.128 e. The molecule has 0 saturated heterocycles. The minimum absolute atomic E-state index is 0.0550. The van der Waals surface area contributed by atoms with Gasteiger partial charge in [0, 0.05) is 5.54 Å². The number of halogens is 1. The molecule has 3 rings (SSSR count). The Kier molecular flexibility index (Phi) is 3.53. The Labute approximate surface area is 126 Å². The number of alkyl halides is 1. The SMILES string of the molecule is Cc1cccc2c1nc(C(C)Cl)n2C1(C)CCCCC1. The average Bonchev–Trinajstić information content (AvgIpc) is 2.81. The van der Waals surface area contributed by atoms with E-state index < -0.39 is 0 Å². The van der Waals surface area contributed by atoms with Gasteiger partial charge >= 0.3 is 0 Å². The van der Waals surface area contributed by atoms with Crippen LogP contribution in [-0.2, 0) is 5.54 Å². The molecule has 1 atom stereocenters. The zero-order chi connectivity index (χ0) is 14.3. The van der Waals surface area contributed by atoms with Gasteiger partial charge in [0.05, 0.1) is 16.4 Å². The summed E-state index contributed by atoms with van der Waals surface area (Å²) < 4.78 is 2.44. The molecule has 0 radical (unpaired) electrons. The third-order valence-corrected chi connectivity index (χ3v) is 4.93. The van der Waals surface area contributed by atoms with Crippen LogP contribution in [0.15, 0.2) is 18.2 Å². The summed E-state index contributed by atoms with van der Waals surface area (Å²) in [6.07, 6.45) is 6.41. The first-order chi connectivity index (χ1) is 9.53. The summed E-state index contributed by atoms with van der Waals surface area (Å²) >= 11 is 6.43. The molecule has 3 heteroatoms. The zero-order valence-electron chi connectivity index (χ0n) is 12.6. The largest absolute Gasteiger partial charge is 0.321 e. The van der Waals surface area contributed by atoms with Crippen molar-refractivity contribution in [2.24, 2.45) is 0 Å². The number of aryl methyl sites for hydroxylation is 1. The highest BCUT2D eigenvalue weighted by Crippen LogP contribution is 2.40. The van der Waals surface area contributed by atoms with Crippen molar-refractivity contribution in [2.75, 3.05) is 0 Å². The molecule has 1 aliphatic carbocycles. The van der Waals surface area contributed by atoms with Gasteiger partial charge in [-0.1, -0.05) is 31.4 Å². The normalized spacial score (nSPS) is 20.2. The summed E-state index contributed by atoms with van der Waals surface area (Å²) in [5.41, 5.74) is 3.76. The fraction of sp³-hybridized carbons (Fsp3) is 0.588. The molecule has 1 heterocycles. The van der Waals surface area contributed by atoms with Crippen molar-refractivity contribution < 1.29 is 0 Å². The van der Waals surface area contributed by atoms with Crippen molar-refractivity contribution in [3.8, 4) is 0 Å². The Hall–Kier alpha value is -1.02. The number of nitrogens with zero attached hydrogens (tertiary/aromatic N) is 2. The molecule has 2 nitrogen and oxygen atoms in total. The maximum Gasteiger partial charge on any atom is 0.128 e. The number of hydrogen-bond donors (Lipinski definition) is 0. The van der Waals surface area contributed by atoms with Gasteiger partial charge in [0.15, 0.2) is 0 Å². The van der Waals surface area contributed by atoms with Crippen LogP contribution in [0.1, 0.15) is 62.7 Å². The highest BCUT2D eigenvalue weighted by molar-refractivity contribution is 6.20. The molecule has 0 aliphatic heterocycles. The molecule has 0 spiro atoms. The molecule has 0 N–H and O–H groups in total. The third-order valence-electron chi connectivity index (χ3n) is 4.74. The first-order valence-corrected chi connectivity index (χ1v) is 8.09. The number of aromatic nitrogens is 2. The van der Waals surface area contributed by atoms with E-state index in [1.54, 1.807) is 0 Å². The van der Waals surface area contributed by atoms with Crippen LogP contribution in [-0.4, -0.2) is 9.55 Å². The standard InChI is InChI=1S/C17H23ClN2/c1-12-8-7-9-14-15(12)19-16(13(2)18)20(14)17(3)10-5-4-6-11-17/h7-9,13H,4-6,10-11H2,1-3H3. The van der Waals surface area contributed by atoms with E-state index in [2.05, 4.69) is 36.6 Å². The summed E-state index contributed by atoms with van der Waals surface area (Å²) in [5.74, 6) is 1.03. The highest BCUT2D eigenvalue weighted by atomic mass is 35.5. The van der Waals surface area contributed by atoms with E-state index in [0.717, 1.165) is 11.3 Å². The Morgan fingerprint density at radius 1 is 1.25 bits per heavy atom. The number of fused-ring (bicyclic) bond motifs is 1. The molecule has 0 amide bonds. The number of para-hydroxylation sites is 1. The predicted molar refractivity (Wildman–Crippen MR) is 85.5 cm³/mol. The molecule has 1 aliphatic rings. The van der Waals surface area contributed by atoms with Crippen molar-refractivity contribution in [3.05, 3.63) is 29.6 Å². The van der Waals surface area contributed by atoms with Crippen LogP contribution in [0.3, 0.4) is 0 Å². The van der Waals surface area contributed by atoms with Gasteiger partial charge in [-0.3, -0.25) is 0 Å². The van der Waals surface area contributed by atoms with Crippen LogP contribution in [0.2, 0.25) is 0 Å². The van der Waals surface area contributed by atoms with Crippen LogP contribution in [0, 0.1) is 6.92 Å². The molecule has 108 valence electrons. The lowest BCUT2D eigenvalue weighted by atomic mass is 9.82. The summed E-state index contributed by atoms with van der Waals surface area (Å²) in [6.45, 7) is 6.53. The highest BCUT2D eigenvalue weighted by Gasteiger charge is 2.33. The van der Waals surface area contributed by atoms with Gasteiger partial charge in [-0.2, -0.15) is 0 Å². The van der Waals surface area contributed by atoms with Gasteiger partial charge in [-0.25, -0.2) is 4.98 Å². The van der Waals surface area contributed by atoms with Crippen molar-refractivity contribution in [2.45, 2.75) is 63.8 Å². The Morgan fingerprint density at radius 2 is 1.95 bits per heavy atom. The summed E-state index contributed by atoms with van der Waals surface area (Å²) in [5, 5.41) is -0.0550. The molecule has 1 unspecified atom stereocenters. The van der Waals surface area contributed by atoms with Gasteiger partial charge in [0.25, 0.3) is 0 Å². The second-order valence-corrected chi connectivity index (χ2v) is 7.08. The van der Waals surface area contributed by atoms with Gasteiger partial charge in [-0.15, -0.1) is 11.6 Å². The molecular weight excluding hydrogens is 268 g/mol. The number of benzene rings is 1. The van der Waals surface area contributed by atoms with E-state index in [0.29, 0.717) is 0 Å². The molecule has 1 saturated carbocycles. The molecule has 1 fully saturated rings. The molecule has 1 aromatic heterocycles. The van der Waals surface area contributed by atoms with Crippen LogP contribution in [0.4, 0.5) is 0 Å².